The molecule has 1 heterocycles. The van der Waals surface area contributed by atoms with E-state index in [0.717, 1.165) is 17.4 Å². The van der Waals surface area contributed by atoms with Crippen LogP contribution in [0.25, 0.3) is 0 Å². The quantitative estimate of drug-likeness (QED) is 0.364. The second kappa shape index (κ2) is 9.41. The van der Waals surface area contributed by atoms with Gasteiger partial charge < -0.3 is 10.6 Å². The molecule has 0 bridgehead atoms. The van der Waals surface area contributed by atoms with Gasteiger partial charge >= 0.3 is 0 Å². The second-order valence-corrected chi connectivity index (χ2v) is 4.37. The van der Waals surface area contributed by atoms with E-state index in [1.807, 2.05) is 6.20 Å². The maximum absolute atomic E-state index is 4.33. The number of aliphatic imine (C=N–C) groups is 1. The molecule has 17 heavy (non-hydrogen) atoms. The van der Waals surface area contributed by atoms with Crippen molar-refractivity contribution < 1.29 is 0 Å². The van der Waals surface area contributed by atoms with Crippen molar-refractivity contribution in [2.45, 2.75) is 19.9 Å². The molecule has 0 unspecified atom stereocenters. The largest absolute Gasteiger partial charge is 0.353 e. The van der Waals surface area contributed by atoms with Crippen molar-refractivity contribution >= 4 is 41.3 Å². The number of hydrogen-bond donors (Lipinski definition) is 2. The highest BCUT2D eigenvalue weighted by molar-refractivity contribution is 14.0. The molecule has 0 amide bonds. The molecule has 0 fully saturated rings. The highest BCUT2D eigenvalue weighted by Gasteiger charge is 2.01. The first-order valence-electron chi connectivity index (χ1n) is 5.29. The highest BCUT2D eigenvalue weighted by Crippen LogP contribution is 2.12. The molecule has 2 N–H and O–H groups in total. The van der Waals surface area contributed by atoms with E-state index >= 15 is 0 Å². The Hall–Kier alpha value is -0.630. The number of rotatable bonds is 5. The Morgan fingerprint density at radius 2 is 2.35 bits per heavy atom. The van der Waals surface area contributed by atoms with E-state index in [4.69, 9.17) is 0 Å². The van der Waals surface area contributed by atoms with Crippen LogP contribution in [0.1, 0.15) is 16.8 Å². The third-order valence-corrected chi connectivity index (χ3v) is 3.14. The number of halogens is 1. The molecule has 6 heteroatoms. The first-order chi connectivity index (χ1) is 7.80. The van der Waals surface area contributed by atoms with Crippen molar-refractivity contribution in [1.82, 2.24) is 15.6 Å². The van der Waals surface area contributed by atoms with E-state index in [9.17, 15) is 0 Å². The minimum atomic E-state index is 0. The van der Waals surface area contributed by atoms with Crippen molar-refractivity contribution in [1.29, 1.82) is 0 Å². The lowest BCUT2D eigenvalue weighted by Crippen LogP contribution is -2.36. The first kappa shape index (κ1) is 16.4. The van der Waals surface area contributed by atoms with Gasteiger partial charge in [0.2, 0.25) is 0 Å². The summed E-state index contributed by atoms with van der Waals surface area (Å²) in [4.78, 5) is 9.73. The van der Waals surface area contributed by atoms with Gasteiger partial charge in [0, 0.05) is 24.7 Å². The third-order valence-electron chi connectivity index (χ3n) is 1.99. The average molecular weight is 366 g/mol. The van der Waals surface area contributed by atoms with Crippen LogP contribution < -0.4 is 10.6 Å². The fourth-order valence-corrected chi connectivity index (χ4v) is 1.94. The van der Waals surface area contributed by atoms with Crippen LogP contribution in [0.2, 0.25) is 0 Å². The molecule has 0 atom stereocenters. The summed E-state index contributed by atoms with van der Waals surface area (Å²) in [5.74, 6) is 0.771. The van der Waals surface area contributed by atoms with Crippen LogP contribution in [0.3, 0.4) is 0 Å². The summed E-state index contributed by atoms with van der Waals surface area (Å²) < 4.78 is 0. The molecule has 0 saturated carbocycles. The molecule has 1 rings (SSSR count). The van der Waals surface area contributed by atoms with E-state index < -0.39 is 0 Å². The van der Waals surface area contributed by atoms with Crippen molar-refractivity contribution in [3.8, 4) is 0 Å². The van der Waals surface area contributed by atoms with E-state index in [1.54, 1.807) is 24.5 Å². The van der Waals surface area contributed by atoms with E-state index in [2.05, 4.69) is 34.1 Å². The Bertz CT molecular complexity index is 362. The topological polar surface area (TPSA) is 49.3 Å². The van der Waals surface area contributed by atoms with Gasteiger partial charge in [-0.1, -0.05) is 13.0 Å². The van der Waals surface area contributed by atoms with Crippen molar-refractivity contribution in [2.24, 2.45) is 4.99 Å². The van der Waals surface area contributed by atoms with Crippen LogP contribution >= 0.6 is 35.3 Å². The summed E-state index contributed by atoms with van der Waals surface area (Å²) in [5.41, 5.74) is 0. The Balaban J connectivity index is 0.00000256. The summed E-state index contributed by atoms with van der Waals surface area (Å²) in [6.07, 6.45) is 4.77. The molecule has 96 valence electrons. The summed E-state index contributed by atoms with van der Waals surface area (Å²) >= 11 is 1.73. The van der Waals surface area contributed by atoms with Gasteiger partial charge in [-0.25, -0.2) is 4.98 Å². The fourth-order valence-electron chi connectivity index (χ4n) is 1.14. The zero-order valence-electron chi connectivity index (χ0n) is 10.2. The van der Waals surface area contributed by atoms with Crippen LogP contribution in [0.4, 0.5) is 0 Å². The van der Waals surface area contributed by atoms with Gasteiger partial charge in [0.05, 0.1) is 6.54 Å². The fraction of sp³-hybridized carbons (Fsp3) is 0.455. The Labute approximate surface area is 124 Å². The minimum Gasteiger partial charge on any atom is -0.353 e. The van der Waals surface area contributed by atoms with Gasteiger partial charge in [-0.3, -0.25) is 4.99 Å². The van der Waals surface area contributed by atoms with Gasteiger partial charge in [-0.15, -0.1) is 41.9 Å². The predicted octanol–water partition coefficient (Wildman–Crippen LogP) is 2.17. The van der Waals surface area contributed by atoms with Gasteiger partial charge in [0.25, 0.3) is 0 Å². The number of hydrogen-bond acceptors (Lipinski definition) is 3. The number of nitrogens with zero attached hydrogens (tertiary/aromatic N) is 2. The van der Waals surface area contributed by atoms with E-state index in [1.165, 1.54) is 4.88 Å². The predicted molar refractivity (Wildman–Crippen MR) is 85.3 cm³/mol. The van der Waals surface area contributed by atoms with Gasteiger partial charge in [0.1, 0.15) is 5.01 Å². The third kappa shape index (κ3) is 6.02. The second-order valence-electron chi connectivity index (χ2n) is 3.17. The van der Waals surface area contributed by atoms with Gasteiger partial charge in [-0.2, -0.15) is 0 Å². The molecule has 0 spiro atoms. The zero-order chi connectivity index (χ0) is 11.8. The Kier molecular flexibility index (Phi) is 9.06. The SMILES string of the molecule is C=CCNC(=NC)NCc1ncc(CC)s1.I. The smallest absolute Gasteiger partial charge is 0.191 e. The van der Waals surface area contributed by atoms with Crippen molar-refractivity contribution in [3.63, 3.8) is 0 Å². The van der Waals surface area contributed by atoms with Gasteiger partial charge in [-0.05, 0) is 6.42 Å². The number of thiazole rings is 1. The summed E-state index contributed by atoms with van der Waals surface area (Å²) in [7, 11) is 1.75. The van der Waals surface area contributed by atoms with Crippen LogP contribution in [0, 0.1) is 0 Å². The van der Waals surface area contributed by atoms with Gasteiger partial charge in [0.15, 0.2) is 5.96 Å². The minimum absolute atomic E-state index is 0. The lowest BCUT2D eigenvalue weighted by molar-refractivity contribution is 0.840. The zero-order valence-corrected chi connectivity index (χ0v) is 13.3. The molecular weight excluding hydrogens is 347 g/mol. The molecule has 0 radical (unpaired) electrons. The van der Waals surface area contributed by atoms with E-state index in [-0.39, 0.29) is 24.0 Å². The lowest BCUT2D eigenvalue weighted by Gasteiger charge is -2.08. The molecule has 0 aliphatic rings. The van der Waals surface area contributed by atoms with Crippen LogP contribution in [0.5, 0.6) is 0 Å². The molecule has 0 aromatic carbocycles. The van der Waals surface area contributed by atoms with Crippen LogP contribution in [-0.2, 0) is 13.0 Å². The molecule has 0 saturated heterocycles. The van der Waals surface area contributed by atoms with Crippen molar-refractivity contribution in [3.05, 3.63) is 28.7 Å². The Morgan fingerprint density at radius 1 is 1.59 bits per heavy atom. The maximum Gasteiger partial charge on any atom is 0.191 e. The summed E-state index contributed by atoms with van der Waals surface area (Å²) in [6, 6.07) is 0. The number of aromatic nitrogens is 1. The molecule has 1 aromatic rings. The average Bonchev–Trinajstić information content (AvgIpc) is 2.77. The normalized spacial score (nSPS) is 10.6. The lowest BCUT2D eigenvalue weighted by atomic mass is 10.4. The van der Waals surface area contributed by atoms with Crippen LogP contribution in [0.15, 0.2) is 23.8 Å². The monoisotopic (exact) mass is 366 g/mol. The standard InChI is InChI=1S/C11H18N4S.HI/c1-4-6-13-11(12-3)15-8-10-14-7-9(5-2)16-10;/h4,7H,1,5-6,8H2,2-3H3,(H2,12,13,15);1H. The summed E-state index contributed by atoms with van der Waals surface area (Å²) in [5, 5.41) is 7.39. The Morgan fingerprint density at radius 3 is 2.88 bits per heavy atom. The summed E-state index contributed by atoms with van der Waals surface area (Å²) in [6.45, 7) is 7.19. The highest BCUT2D eigenvalue weighted by atomic mass is 127. The molecule has 4 nitrogen and oxygen atoms in total. The maximum atomic E-state index is 4.33. The molecular formula is C11H19IN4S. The number of nitrogens with one attached hydrogen (secondary N) is 2. The van der Waals surface area contributed by atoms with E-state index in [0.29, 0.717) is 13.1 Å². The molecule has 0 aliphatic carbocycles. The molecule has 1 aromatic heterocycles. The van der Waals surface area contributed by atoms with Crippen LogP contribution in [-0.4, -0.2) is 24.5 Å². The van der Waals surface area contributed by atoms with Crippen molar-refractivity contribution in [2.75, 3.05) is 13.6 Å². The number of aryl methyl sites for hydroxylation is 1. The first-order valence-corrected chi connectivity index (χ1v) is 6.10. The number of guanidine groups is 1. The molecule has 0 aliphatic heterocycles.